The molecule has 1 aromatic heterocycles. The summed E-state index contributed by atoms with van der Waals surface area (Å²) < 4.78 is 50.7. The van der Waals surface area contributed by atoms with Crippen molar-refractivity contribution in [1.82, 2.24) is 14.9 Å². The van der Waals surface area contributed by atoms with Crippen LogP contribution in [0.1, 0.15) is 5.56 Å². The Morgan fingerprint density at radius 1 is 1.03 bits per heavy atom. The standard InChI is InChI=1S/C20H20FN3O4S/c1-14-3-5-15(6-4-14)18-8-10-20(24-23-18)28-12-11-22-29(25,26)16-7-9-19(27-2)17(21)13-16/h3-10,13,22H,11-12H2,1-2H3. The molecule has 0 unspecified atom stereocenters. The maximum absolute atomic E-state index is 13.7. The van der Waals surface area contributed by atoms with Gasteiger partial charge in [-0.15, -0.1) is 10.2 Å². The van der Waals surface area contributed by atoms with Crippen molar-refractivity contribution in [1.29, 1.82) is 0 Å². The molecule has 1 N–H and O–H groups in total. The second-order valence-electron chi connectivity index (χ2n) is 6.17. The summed E-state index contributed by atoms with van der Waals surface area (Å²) in [6, 6.07) is 14.7. The first kappa shape index (κ1) is 20.7. The maximum Gasteiger partial charge on any atom is 0.240 e. The molecule has 1 heterocycles. The van der Waals surface area contributed by atoms with Crippen LogP contribution >= 0.6 is 0 Å². The second kappa shape index (κ2) is 8.97. The largest absolute Gasteiger partial charge is 0.494 e. The summed E-state index contributed by atoms with van der Waals surface area (Å²) in [6.07, 6.45) is 0. The topological polar surface area (TPSA) is 90.4 Å². The van der Waals surface area contributed by atoms with E-state index in [-0.39, 0.29) is 29.7 Å². The predicted octanol–water partition coefficient (Wildman–Crippen LogP) is 2.96. The number of hydrogen-bond donors (Lipinski definition) is 1. The van der Waals surface area contributed by atoms with Crippen molar-refractivity contribution in [2.45, 2.75) is 11.8 Å². The van der Waals surface area contributed by atoms with Crippen LogP contribution in [0.15, 0.2) is 59.5 Å². The van der Waals surface area contributed by atoms with E-state index in [4.69, 9.17) is 9.47 Å². The van der Waals surface area contributed by atoms with Crippen LogP contribution in [-0.4, -0.2) is 38.9 Å². The van der Waals surface area contributed by atoms with Crippen molar-refractivity contribution < 1.29 is 22.3 Å². The number of halogens is 1. The molecule has 9 heteroatoms. The van der Waals surface area contributed by atoms with Gasteiger partial charge in [0.2, 0.25) is 15.9 Å². The van der Waals surface area contributed by atoms with Gasteiger partial charge in [0.15, 0.2) is 11.6 Å². The highest BCUT2D eigenvalue weighted by Crippen LogP contribution is 2.20. The summed E-state index contributed by atoms with van der Waals surface area (Å²) in [4.78, 5) is -0.196. The fourth-order valence-corrected chi connectivity index (χ4v) is 3.53. The molecule has 0 saturated heterocycles. The summed E-state index contributed by atoms with van der Waals surface area (Å²) in [5, 5.41) is 8.10. The van der Waals surface area contributed by atoms with E-state index in [1.54, 1.807) is 12.1 Å². The number of hydrogen-bond acceptors (Lipinski definition) is 6. The Labute approximate surface area is 168 Å². The van der Waals surface area contributed by atoms with Crippen LogP contribution in [0.3, 0.4) is 0 Å². The maximum atomic E-state index is 13.7. The fourth-order valence-electron chi connectivity index (χ4n) is 2.50. The molecule has 152 valence electrons. The Hall–Kier alpha value is -3.04. The molecule has 0 spiro atoms. The number of ether oxygens (including phenoxy) is 2. The molecule has 0 atom stereocenters. The molecule has 3 aromatic rings. The van der Waals surface area contributed by atoms with E-state index in [0.717, 1.165) is 17.2 Å². The van der Waals surface area contributed by atoms with E-state index in [1.165, 1.54) is 19.2 Å². The molecule has 0 aliphatic heterocycles. The minimum atomic E-state index is -3.87. The van der Waals surface area contributed by atoms with Gasteiger partial charge in [-0.25, -0.2) is 17.5 Å². The van der Waals surface area contributed by atoms with Crippen LogP contribution in [0, 0.1) is 12.7 Å². The summed E-state index contributed by atoms with van der Waals surface area (Å²) in [5.41, 5.74) is 2.80. The highest BCUT2D eigenvalue weighted by Gasteiger charge is 2.16. The highest BCUT2D eigenvalue weighted by molar-refractivity contribution is 7.89. The number of sulfonamides is 1. The molecule has 0 amide bonds. The van der Waals surface area contributed by atoms with Crippen LogP contribution < -0.4 is 14.2 Å². The lowest BCUT2D eigenvalue weighted by atomic mass is 10.1. The number of nitrogens with zero attached hydrogens (tertiary/aromatic N) is 2. The van der Waals surface area contributed by atoms with E-state index in [9.17, 15) is 12.8 Å². The Morgan fingerprint density at radius 2 is 1.79 bits per heavy atom. The zero-order chi connectivity index (χ0) is 20.9. The Balaban J connectivity index is 1.53. The molecule has 7 nitrogen and oxygen atoms in total. The number of methoxy groups -OCH3 is 1. The van der Waals surface area contributed by atoms with Crippen molar-refractivity contribution in [3.8, 4) is 22.9 Å². The lowest BCUT2D eigenvalue weighted by Crippen LogP contribution is -2.28. The molecule has 3 rings (SSSR count). The molecule has 29 heavy (non-hydrogen) atoms. The van der Waals surface area contributed by atoms with Crippen molar-refractivity contribution in [2.75, 3.05) is 20.3 Å². The van der Waals surface area contributed by atoms with Gasteiger partial charge in [0.05, 0.1) is 17.7 Å². The van der Waals surface area contributed by atoms with Crippen molar-refractivity contribution >= 4 is 10.0 Å². The van der Waals surface area contributed by atoms with Crippen LogP contribution in [0.25, 0.3) is 11.3 Å². The van der Waals surface area contributed by atoms with Gasteiger partial charge in [-0.2, -0.15) is 0 Å². The molecule has 0 aliphatic carbocycles. The lowest BCUT2D eigenvalue weighted by molar-refractivity contribution is 0.307. The van der Waals surface area contributed by atoms with Gasteiger partial charge >= 0.3 is 0 Å². The number of rotatable bonds is 8. The average Bonchev–Trinajstić information content (AvgIpc) is 2.72. The third kappa shape index (κ3) is 5.27. The number of benzene rings is 2. The molecular formula is C20H20FN3O4S. The van der Waals surface area contributed by atoms with E-state index in [1.807, 2.05) is 31.2 Å². The summed E-state index contributed by atoms with van der Waals surface area (Å²) in [7, 11) is -2.57. The highest BCUT2D eigenvalue weighted by atomic mass is 32.2. The molecule has 0 radical (unpaired) electrons. The van der Waals surface area contributed by atoms with Crippen LogP contribution in [0.5, 0.6) is 11.6 Å². The third-order valence-corrected chi connectivity index (χ3v) is 5.52. The van der Waals surface area contributed by atoms with Gasteiger partial charge in [0, 0.05) is 18.2 Å². The number of aromatic nitrogens is 2. The zero-order valence-corrected chi connectivity index (χ0v) is 16.7. The monoisotopic (exact) mass is 417 g/mol. The Kier molecular flexibility index (Phi) is 6.40. The van der Waals surface area contributed by atoms with Gasteiger partial charge < -0.3 is 9.47 Å². The Morgan fingerprint density at radius 3 is 2.41 bits per heavy atom. The first-order valence-corrected chi connectivity index (χ1v) is 10.2. The van der Waals surface area contributed by atoms with Crippen LogP contribution in [0.2, 0.25) is 0 Å². The van der Waals surface area contributed by atoms with Gasteiger partial charge in [0.25, 0.3) is 0 Å². The van der Waals surface area contributed by atoms with E-state index >= 15 is 0 Å². The van der Waals surface area contributed by atoms with Crippen LogP contribution in [0.4, 0.5) is 4.39 Å². The van der Waals surface area contributed by atoms with E-state index in [0.29, 0.717) is 5.69 Å². The summed E-state index contributed by atoms with van der Waals surface area (Å²) >= 11 is 0. The molecule has 0 aliphatic rings. The zero-order valence-electron chi connectivity index (χ0n) is 15.9. The van der Waals surface area contributed by atoms with E-state index in [2.05, 4.69) is 14.9 Å². The SMILES string of the molecule is COc1ccc(S(=O)(=O)NCCOc2ccc(-c3ccc(C)cc3)nn2)cc1F. The summed E-state index contributed by atoms with van der Waals surface area (Å²) in [5.74, 6) is -0.508. The molecule has 0 bridgehead atoms. The summed E-state index contributed by atoms with van der Waals surface area (Å²) in [6.45, 7) is 2.03. The Bertz CT molecular complexity index is 1070. The smallest absolute Gasteiger partial charge is 0.240 e. The molecule has 0 fully saturated rings. The first-order chi connectivity index (χ1) is 13.9. The first-order valence-electron chi connectivity index (χ1n) is 8.76. The van der Waals surface area contributed by atoms with Crippen LogP contribution in [-0.2, 0) is 10.0 Å². The second-order valence-corrected chi connectivity index (χ2v) is 7.93. The minimum Gasteiger partial charge on any atom is -0.494 e. The van der Waals surface area contributed by atoms with Crippen molar-refractivity contribution in [3.63, 3.8) is 0 Å². The van der Waals surface area contributed by atoms with Crippen molar-refractivity contribution in [2.24, 2.45) is 0 Å². The number of aryl methyl sites for hydroxylation is 1. The molecule has 0 saturated carbocycles. The number of nitrogens with one attached hydrogen (secondary N) is 1. The van der Waals surface area contributed by atoms with Gasteiger partial charge in [0.1, 0.15) is 6.61 Å². The van der Waals surface area contributed by atoms with Gasteiger partial charge in [-0.3, -0.25) is 0 Å². The van der Waals surface area contributed by atoms with Crippen molar-refractivity contribution in [3.05, 3.63) is 66.0 Å². The third-order valence-electron chi connectivity index (χ3n) is 4.07. The van der Waals surface area contributed by atoms with E-state index < -0.39 is 15.8 Å². The van der Waals surface area contributed by atoms with Gasteiger partial charge in [-0.1, -0.05) is 29.8 Å². The molecule has 2 aromatic carbocycles. The minimum absolute atomic E-state index is 0.0165. The predicted molar refractivity (Wildman–Crippen MR) is 106 cm³/mol. The lowest BCUT2D eigenvalue weighted by Gasteiger charge is -2.09. The normalized spacial score (nSPS) is 11.3. The van der Waals surface area contributed by atoms with Gasteiger partial charge in [-0.05, 0) is 31.2 Å². The fraction of sp³-hybridized carbons (Fsp3) is 0.200. The average molecular weight is 417 g/mol. The quantitative estimate of drug-likeness (QED) is 0.567. The molecular weight excluding hydrogens is 397 g/mol.